The Hall–Kier alpha value is -1.10. The van der Waals surface area contributed by atoms with Crippen molar-refractivity contribution in [1.29, 1.82) is 0 Å². The van der Waals surface area contributed by atoms with Gasteiger partial charge >= 0.3 is 5.97 Å². The monoisotopic (exact) mass is 271 g/mol. The van der Waals surface area contributed by atoms with Crippen LogP contribution in [0.3, 0.4) is 0 Å². The van der Waals surface area contributed by atoms with Crippen LogP contribution in [0.1, 0.15) is 58.8 Å². The average molecular weight is 271 g/mol. The molecule has 0 aromatic carbocycles. The maximum atomic E-state index is 11.9. The Morgan fingerprint density at radius 1 is 1.16 bits per heavy atom. The molecule has 5 heteroatoms. The van der Waals surface area contributed by atoms with E-state index in [1.54, 1.807) is 13.8 Å². The second-order valence-corrected chi connectivity index (χ2v) is 6.27. The number of hydrogen-bond acceptors (Lipinski definition) is 3. The molecule has 0 heterocycles. The maximum absolute atomic E-state index is 11.9. The lowest BCUT2D eigenvalue weighted by molar-refractivity contribution is -0.153. The summed E-state index contributed by atoms with van der Waals surface area (Å²) in [5.41, 5.74) is -1.89. The van der Waals surface area contributed by atoms with Crippen molar-refractivity contribution in [3.05, 3.63) is 0 Å². The molecule has 0 atom stereocenters. The minimum atomic E-state index is -0.977. The average Bonchev–Trinajstić information content (AvgIpc) is 2.52. The van der Waals surface area contributed by atoms with Gasteiger partial charge in [-0.1, -0.05) is 25.7 Å². The van der Waals surface area contributed by atoms with Gasteiger partial charge in [-0.05, 0) is 26.7 Å². The van der Waals surface area contributed by atoms with Crippen molar-refractivity contribution in [3.63, 3.8) is 0 Å². The van der Waals surface area contributed by atoms with Crippen molar-refractivity contribution in [1.82, 2.24) is 5.32 Å². The largest absolute Gasteiger partial charge is 0.481 e. The van der Waals surface area contributed by atoms with E-state index >= 15 is 0 Å². The SMILES string of the molecule is CC(C)(O)CNC(=O)CC1(C(=O)O)CCCCCC1. The molecule has 1 aliphatic carbocycles. The van der Waals surface area contributed by atoms with E-state index in [1.165, 1.54) is 0 Å². The molecule has 0 unspecified atom stereocenters. The smallest absolute Gasteiger partial charge is 0.310 e. The number of aliphatic hydroxyl groups is 1. The molecule has 3 N–H and O–H groups in total. The predicted molar refractivity (Wildman–Crippen MR) is 71.7 cm³/mol. The molecule has 5 nitrogen and oxygen atoms in total. The van der Waals surface area contributed by atoms with Gasteiger partial charge in [0.15, 0.2) is 0 Å². The lowest BCUT2D eigenvalue weighted by atomic mass is 9.77. The molecule has 1 rings (SSSR count). The van der Waals surface area contributed by atoms with Crippen molar-refractivity contribution in [3.8, 4) is 0 Å². The van der Waals surface area contributed by atoms with Crippen molar-refractivity contribution in [2.24, 2.45) is 5.41 Å². The number of nitrogens with one attached hydrogen (secondary N) is 1. The Labute approximate surface area is 114 Å². The van der Waals surface area contributed by atoms with Gasteiger partial charge in [-0.15, -0.1) is 0 Å². The third kappa shape index (κ3) is 5.19. The number of carbonyl (C=O) groups excluding carboxylic acids is 1. The summed E-state index contributed by atoms with van der Waals surface area (Å²) in [5.74, 6) is -1.15. The Balaban J connectivity index is 2.62. The van der Waals surface area contributed by atoms with Gasteiger partial charge in [0.05, 0.1) is 11.0 Å². The first-order valence-electron chi connectivity index (χ1n) is 6.98. The van der Waals surface area contributed by atoms with Crippen LogP contribution in [0.25, 0.3) is 0 Å². The molecular formula is C14H25NO4. The first-order chi connectivity index (χ1) is 8.75. The van der Waals surface area contributed by atoms with Crippen molar-refractivity contribution in [2.75, 3.05) is 6.54 Å². The molecule has 0 spiro atoms. The van der Waals surface area contributed by atoms with Gasteiger partial charge in [0.2, 0.25) is 5.91 Å². The predicted octanol–water partition coefficient (Wildman–Crippen LogP) is 1.69. The second-order valence-electron chi connectivity index (χ2n) is 6.27. The van der Waals surface area contributed by atoms with Crippen LogP contribution in [0.5, 0.6) is 0 Å². The molecule has 0 bridgehead atoms. The molecule has 0 saturated heterocycles. The summed E-state index contributed by atoms with van der Waals surface area (Å²) in [5, 5.41) is 21.6. The zero-order chi connectivity index (χ0) is 14.5. The normalized spacial score (nSPS) is 19.5. The fourth-order valence-corrected chi connectivity index (χ4v) is 2.56. The highest BCUT2D eigenvalue weighted by Crippen LogP contribution is 2.38. The van der Waals surface area contributed by atoms with Crippen molar-refractivity contribution < 1.29 is 19.8 Å². The van der Waals surface area contributed by atoms with Gasteiger partial charge in [-0.2, -0.15) is 0 Å². The van der Waals surface area contributed by atoms with Crippen LogP contribution in [0.4, 0.5) is 0 Å². The summed E-state index contributed by atoms with van der Waals surface area (Å²) in [6.45, 7) is 3.35. The van der Waals surface area contributed by atoms with Crippen LogP contribution < -0.4 is 5.32 Å². The third-order valence-electron chi connectivity index (χ3n) is 3.73. The Morgan fingerprint density at radius 2 is 1.68 bits per heavy atom. The van der Waals surface area contributed by atoms with Crippen LogP contribution in [0.2, 0.25) is 0 Å². The topological polar surface area (TPSA) is 86.6 Å². The summed E-state index contributed by atoms with van der Waals surface area (Å²) in [4.78, 5) is 23.4. The number of carboxylic acid groups (broad SMARTS) is 1. The molecule has 19 heavy (non-hydrogen) atoms. The second kappa shape index (κ2) is 6.37. The van der Waals surface area contributed by atoms with Gasteiger partial charge in [0.1, 0.15) is 0 Å². The minimum absolute atomic E-state index is 0.0123. The van der Waals surface area contributed by atoms with E-state index < -0.39 is 17.0 Å². The zero-order valence-electron chi connectivity index (χ0n) is 11.9. The third-order valence-corrected chi connectivity index (χ3v) is 3.73. The molecular weight excluding hydrogens is 246 g/mol. The van der Waals surface area contributed by atoms with E-state index in [-0.39, 0.29) is 18.9 Å². The standard InChI is InChI=1S/C14H25NO4/c1-13(2,19)10-15-11(16)9-14(12(17)18)7-5-3-4-6-8-14/h19H,3-10H2,1-2H3,(H,15,16)(H,17,18). The molecule has 1 aliphatic rings. The minimum Gasteiger partial charge on any atom is -0.481 e. The molecule has 0 aliphatic heterocycles. The number of carbonyl (C=O) groups is 2. The van der Waals surface area contributed by atoms with Crippen LogP contribution in [-0.4, -0.2) is 34.2 Å². The Kier molecular flexibility index (Phi) is 5.35. The van der Waals surface area contributed by atoms with Gasteiger partial charge in [-0.3, -0.25) is 9.59 Å². The lowest BCUT2D eigenvalue weighted by Crippen LogP contribution is -2.42. The van der Waals surface area contributed by atoms with Crippen LogP contribution in [0.15, 0.2) is 0 Å². The molecule has 110 valence electrons. The zero-order valence-corrected chi connectivity index (χ0v) is 11.9. The Morgan fingerprint density at radius 3 is 2.11 bits per heavy atom. The summed E-state index contributed by atoms with van der Waals surface area (Å²) in [6.07, 6.45) is 4.96. The van der Waals surface area contributed by atoms with Crippen molar-refractivity contribution in [2.45, 2.75) is 64.4 Å². The van der Waals surface area contributed by atoms with Gasteiger partial charge < -0.3 is 15.5 Å². The molecule has 0 aromatic heterocycles. The van der Waals surface area contributed by atoms with Gasteiger partial charge in [-0.25, -0.2) is 0 Å². The summed E-state index contributed by atoms with van der Waals surface area (Å²) in [7, 11) is 0. The lowest BCUT2D eigenvalue weighted by Gasteiger charge is -2.28. The molecule has 0 aromatic rings. The number of hydrogen-bond donors (Lipinski definition) is 3. The highest BCUT2D eigenvalue weighted by atomic mass is 16.4. The maximum Gasteiger partial charge on any atom is 0.310 e. The molecule has 1 fully saturated rings. The Bertz CT molecular complexity index is 325. The van der Waals surface area contributed by atoms with Crippen molar-refractivity contribution >= 4 is 11.9 Å². The number of rotatable bonds is 5. The highest BCUT2D eigenvalue weighted by molar-refractivity contribution is 5.85. The highest BCUT2D eigenvalue weighted by Gasteiger charge is 2.40. The fourth-order valence-electron chi connectivity index (χ4n) is 2.56. The summed E-state index contributed by atoms with van der Waals surface area (Å²) in [6, 6.07) is 0. The molecule has 1 saturated carbocycles. The first kappa shape index (κ1) is 16.0. The number of carboxylic acids is 1. The van der Waals surface area contributed by atoms with E-state index in [0.717, 1.165) is 25.7 Å². The van der Waals surface area contributed by atoms with Gasteiger partial charge in [0, 0.05) is 13.0 Å². The van der Waals surface area contributed by atoms with E-state index in [4.69, 9.17) is 0 Å². The van der Waals surface area contributed by atoms with Gasteiger partial charge in [0.25, 0.3) is 0 Å². The fraction of sp³-hybridized carbons (Fsp3) is 0.857. The quantitative estimate of drug-likeness (QED) is 0.664. The molecule has 1 amide bonds. The summed E-state index contributed by atoms with van der Waals surface area (Å²) >= 11 is 0. The summed E-state index contributed by atoms with van der Waals surface area (Å²) < 4.78 is 0. The van der Waals surface area contributed by atoms with E-state index in [9.17, 15) is 19.8 Å². The first-order valence-corrected chi connectivity index (χ1v) is 6.98. The number of amides is 1. The number of aliphatic carboxylic acids is 1. The molecule has 0 radical (unpaired) electrons. The van der Waals surface area contributed by atoms with Crippen LogP contribution in [-0.2, 0) is 9.59 Å². The van der Waals surface area contributed by atoms with Crippen LogP contribution >= 0.6 is 0 Å². The van der Waals surface area contributed by atoms with E-state index in [1.807, 2.05) is 0 Å². The van der Waals surface area contributed by atoms with Crippen LogP contribution in [0, 0.1) is 5.41 Å². The van der Waals surface area contributed by atoms with E-state index in [0.29, 0.717) is 12.8 Å². The van der Waals surface area contributed by atoms with E-state index in [2.05, 4.69) is 5.32 Å².